The summed E-state index contributed by atoms with van der Waals surface area (Å²) in [6, 6.07) is 17.3. The molecule has 0 saturated heterocycles. The van der Waals surface area contributed by atoms with E-state index in [9.17, 15) is 14.7 Å². The third kappa shape index (κ3) is 3.61. The number of aliphatic hydroxyl groups excluding tert-OH is 1. The molecule has 34 heavy (non-hydrogen) atoms. The quantitative estimate of drug-likeness (QED) is 0.416. The summed E-state index contributed by atoms with van der Waals surface area (Å²) >= 11 is 0. The number of aryl methyl sites for hydroxylation is 1. The maximum absolute atomic E-state index is 13.7. The van der Waals surface area contributed by atoms with Crippen molar-refractivity contribution in [1.82, 2.24) is 9.88 Å². The van der Waals surface area contributed by atoms with Crippen molar-refractivity contribution in [1.29, 1.82) is 0 Å². The summed E-state index contributed by atoms with van der Waals surface area (Å²) in [5.74, 6) is -1.21. The Morgan fingerprint density at radius 1 is 1.12 bits per heavy atom. The van der Waals surface area contributed by atoms with Crippen molar-refractivity contribution in [3.05, 3.63) is 107 Å². The number of hydrogen-bond acceptors (Lipinski definition) is 6. The van der Waals surface area contributed by atoms with Crippen molar-refractivity contribution in [3.63, 3.8) is 0 Å². The van der Waals surface area contributed by atoms with Crippen LogP contribution in [0.25, 0.3) is 11.0 Å². The summed E-state index contributed by atoms with van der Waals surface area (Å²) in [4.78, 5) is 32.4. The molecule has 1 N–H and O–H groups in total. The van der Waals surface area contributed by atoms with Gasteiger partial charge in [0.15, 0.2) is 22.9 Å². The summed E-state index contributed by atoms with van der Waals surface area (Å²) in [5.41, 5.74) is 2.95. The molecule has 7 nitrogen and oxygen atoms in total. The maximum Gasteiger partial charge on any atom is 0.290 e. The second-order valence-electron chi connectivity index (χ2n) is 8.19. The zero-order chi connectivity index (χ0) is 23.8. The van der Waals surface area contributed by atoms with Gasteiger partial charge in [-0.25, -0.2) is 0 Å². The van der Waals surface area contributed by atoms with Gasteiger partial charge in [0, 0.05) is 24.3 Å². The number of ether oxygens (including phenoxy) is 1. The number of furan rings is 1. The number of carbonyl (C=O) groups is 2. The SMILES string of the molecule is COc1cccc2cc(C(=O)C3=C(O)C(=O)N(Cc4ccncc4)C3c3cccc(C)c3)oc12. The van der Waals surface area contributed by atoms with E-state index in [1.807, 2.05) is 31.2 Å². The van der Waals surface area contributed by atoms with Gasteiger partial charge < -0.3 is 19.2 Å². The average Bonchev–Trinajstić information content (AvgIpc) is 3.39. The van der Waals surface area contributed by atoms with Crippen molar-refractivity contribution < 1.29 is 23.8 Å². The molecule has 5 rings (SSSR count). The van der Waals surface area contributed by atoms with E-state index in [1.165, 1.54) is 12.0 Å². The number of rotatable bonds is 6. The lowest BCUT2D eigenvalue weighted by Crippen LogP contribution is -2.30. The van der Waals surface area contributed by atoms with Crippen molar-refractivity contribution in [3.8, 4) is 5.75 Å². The third-order valence-corrected chi connectivity index (χ3v) is 5.96. The highest BCUT2D eigenvalue weighted by atomic mass is 16.5. The first-order valence-electron chi connectivity index (χ1n) is 10.8. The number of benzene rings is 2. The minimum absolute atomic E-state index is 0.0114. The van der Waals surface area contributed by atoms with Gasteiger partial charge in [-0.2, -0.15) is 0 Å². The number of para-hydroxylation sites is 1. The number of pyridine rings is 1. The van der Waals surface area contributed by atoms with Crippen LogP contribution in [0.3, 0.4) is 0 Å². The zero-order valence-electron chi connectivity index (χ0n) is 18.7. The number of carbonyl (C=O) groups excluding carboxylic acids is 2. The predicted octanol–water partition coefficient (Wildman–Crippen LogP) is 4.92. The van der Waals surface area contributed by atoms with Gasteiger partial charge >= 0.3 is 0 Å². The van der Waals surface area contributed by atoms with Crippen LogP contribution in [0.1, 0.15) is 33.3 Å². The number of Topliss-reactive ketones (excluding diaryl/α,β-unsaturated/α-hetero) is 1. The lowest BCUT2D eigenvalue weighted by molar-refractivity contribution is -0.130. The van der Waals surface area contributed by atoms with E-state index in [2.05, 4.69) is 4.98 Å². The highest BCUT2D eigenvalue weighted by molar-refractivity contribution is 6.16. The van der Waals surface area contributed by atoms with Gasteiger partial charge in [-0.3, -0.25) is 14.6 Å². The topological polar surface area (TPSA) is 92.9 Å². The smallest absolute Gasteiger partial charge is 0.290 e. The molecule has 1 amide bonds. The van der Waals surface area contributed by atoms with Gasteiger partial charge in [0.05, 0.1) is 18.7 Å². The average molecular weight is 454 g/mol. The summed E-state index contributed by atoms with van der Waals surface area (Å²) in [7, 11) is 1.52. The molecular weight excluding hydrogens is 432 g/mol. The third-order valence-electron chi connectivity index (χ3n) is 5.96. The van der Waals surface area contributed by atoms with Crippen molar-refractivity contribution in [2.24, 2.45) is 0 Å². The number of nitrogens with zero attached hydrogens (tertiary/aromatic N) is 2. The first-order valence-corrected chi connectivity index (χ1v) is 10.8. The summed E-state index contributed by atoms with van der Waals surface area (Å²) in [6.07, 6.45) is 3.28. The van der Waals surface area contributed by atoms with Gasteiger partial charge in [0.1, 0.15) is 0 Å². The van der Waals surface area contributed by atoms with Crippen LogP contribution in [0.2, 0.25) is 0 Å². The largest absolute Gasteiger partial charge is 0.503 e. The number of aliphatic hydroxyl groups is 1. The van der Waals surface area contributed by atoms with Crippen LogP contribution in [-0.4, -0.2) is 33.8 Å². The lowest BCUT2D eigenvalue weighted by atomic mass is 9.94. The van der Waals surface area contributed by atoms with Crippen LogP contribution in [0.15, 0.2) is 88.8 Å². The normalized spacial score (nSPS) is 15.9. The van der Waals surface area contributed by atoms with Gasteiger partial charge in [0.2, 0.25) is 5.78 Å². The molecule has 4 aromatic rings. The van der Waals surface area contributed by atoms with E-state index in [0.29, 0.717) is 16.7 Å². The van der Waals surface area contributed by atoms with Crippen molar-refractivity contribution >= 4 is 22.7 Å². The maximum atomic E-state index is 13.7. The Balaban J connectivity index is 1.61. The van der Waals surface area contributed by atoms with Crippen LogP contribution < -0.4 is 4.74 Å². The fraction of sp³-hybridized carbons (Fsp3) is 0.148. The predicted molar refractivity (Wildman–Crippen MR) is 125 cm³/mol. The van der Waals surface area contributed by atoms with Gasteiger partial charge in [-0.05, 0) is 42.3 Å². The first kappa shape index (κ1) is 21.5. The minimum atomic E-state index is -0.775. The first-order chi connectivity index (χ1) is 16.5. The second kappa shape index (κ2) is 8.51. The van der Waals surface area contributed by atoms with Crippen molar-refractivity contribution in [2.75, 3.05) is 7.11 Å². The number of ketones is 1. The van der Waals surface area contributed by atoms with E-state index in [1.54, 1.807) is 48.8 Å². The van der Waals surface area contributed by atoms with Crippen LogP contribution in [0, 0.1) is 6.92 Å². The minimum Gasteiger partial charge on any atom is -0.503 e. The number of hydrogen-bond donors (Lipinski definition) is 1. The van der Waals surface area contributed by atoms with E-state index < -0.39 is 23.5 Å². The van der Waals surface area contributed by atoms with Crippen molar-refractivity contribution in [2.45, 2.75) is 19.5 Å². The van der Waals surface area contributed by atoms with E-state index in [4.69, 9.17) is 9.15 Å². The summed E-state index contributed by atoms with van der Waals surface area (Å²) < 4.78 is 11.2. The van der Waals surface area contributed by atoms with Gasteiger partial charge in [-0.1, -0.05) is 42.0 Å². The molecule has 3 heterocycles. The number of fused-ring (bicyclic) bond motifs is 1. The molecule has 1 aliphatic rings. The molecule has 0 radical (unpaired) electrons. The Morgan fingerprint density at radius 2 is 1.88 bits per heavy atom. The number of amides is 1. The molecule has 170 valence electrons. The Kier molecular flexibility index (Phi) is 5.37. The highest BCUT2D eigenvalue weighted by Gasteiger charge is 2.44. The molecule has 0 saturated carbocycles. The van der Waals surface area contributed by atoms with E-state index >= 15 is 0 Å². The Bertz CT molecular complexity index is 1440. The molecule has 1 atom stereocenters. The van der Waals surface area contributed by atoms with Crippen LogP contribution in [0.5, 0.6) is 5.75 Å². The van der Waals surface area contributed by atoms with E-state index in [0.717, 1.165) is 16.7 Å². The van der Waals surface area contributed by atoms with Gasteiger partial charge in [0.25, 0.3) is 5.91 Å². The summed E-state index contributed by atoms with van der Waals surface area (Å²) in [5, 5.41) is 11.6. The Morgan fingerprint density at radius 3 is 2.62 bits per heavy atom. The second-order valence-corrected chi connectivity index (χ2v) is 8.19. The molecule has 2 aromatic carbocycles. The molecule has 1 aliphatic heterocycles. The monoisotopic (exact) mass is 454 g/mol. The molecule has 2 aromatic heterocycles. The van der Waals surface area contributed by atoms with E-state index in [-0.39, 0.29) is 17.9 Å². The Labute approximate surface area is 195 Å². The molecule has 1 unspecified atom stereocenters. The zero-order valence-corrected chi connectivity index (χ0v) is 18.7. The van der Waals surface area contributed by atoms with Crippen LogP contribution >= 0.6 is 0 Å². The summed E-state index contributed by atoms with van der Waals surface area (Å²) in [6.45, 7) is 2.14. The molecule has 0 aliphatic carbocycles. The molecule has 0 spiro atoms. The van der Waals surface area contributed by atoms with Gasteiger partial charge in [-0.15, -0.1) is 0 Å². The molecule has 0 bridgehead atoms. The lowest BCUT2D eigenvalue weighted by Gasteiger charge is -2.27. The van der Waals surface area contributed by atoms with Crippen LogP contribution in [-0.2, 0) is 11.3 Å². The number of aromatic nitrogens is 1. The fourth-order valence-electron chi connectivity index (χ4n) is 4.36. The molecular formula is C27H22N2O5. The fourth-order valence-corrected chi connectivity index (χ4v) is 4.36. The Hall–Kier alpha value is -4.39. The standard InChI is InChI=1S/C27H22N2O5/c1-16-5-3-6-18(13-16)23-22(25(31)27(32)29(23)15-17-9-11-28-12-10-17)24(30)21-14-19-7-4-8-20(33-2)26(19)34-21/h3-14,23,31H,15H2,1-2H3. The number of methoxy groups -OCH3 is 1. The molecule has 0 fully saturated rings. The highest BCUT2D eigenvalue weighted by Crippen LogP contribution is 2.41. The van der Waals surface area contributed by atoms with Crippen LogP contribution in [0.4, 0.5) is 0 Å². The molecule has 7 heteroatoms.